The predicted molar refractivity (Wildman–Crippen MR) is 75.4 cm³/mol. The van der Waals surface area contributed by atoms with Crippen LogP contribution in [0.1, 0.15) is 16.3 Å². The lowest BCUT2D eigenvalue weighted by atomic mass is 10.2. The van der Waals surface area contributed by atoms with Gasteiger partial charge >= 0.3 is 0 Å². The molecule has 0 saturated carbocycles. The van der Waals surface area contributed by atoms with Gasteiger partial charge in [0.25, 0.3) is 0 Å². The van der Waals surface area contributed by atoms with Crippen LogP contribution in [0.5, 0.6) is 5.75 Å². The Labute approximate surface area is 116 Å². The van der Waals surface area contributed by atoms with E-state index in [0.29, 0.717) is 13.0 Å². The maximum absolute atomic E-state index is 11.7. The lowest BCUT2D eigenvalue weighted by molar-refractivity contribution is -0.120. The zero-order valence-electron chi connectivity index (χ0n) is 11.0. The molecule has 1 N–H and O–H groups in total. The van der Waals surface area contributed by atoms with Crippen LogP contribution in [0.4, 0.5) is 0 Å². The molecule has 0 unspecified atom stereocenters. The molecule has 100 valence electrons. The summed E-state index contributed by atoms with van der Waals surface area (Å²) in [5.74, 6) is 0.800. The van der Waals surface area contributed by atoms with E-state index in [9.17, 15) is 4.79 Å². The summed E-state index contributed by atoms with van der Waals surface area (Å²) in [5, 5.41) is 5.78. The van der Waals surface area contributed by atoms with E-state index in [1.165, 1.54) is 0 Å². The van der Waals surface area contributed by atoms with Gasteiger partial charge in [0.05, 0.1) is 24.2 Å². The average molecular weight is 276 g/mol. The highest BCUT2D eigenvalue weighted by Crippen LogP contribution is 2.11. The van der Waals surface area contributed by atoms with Crippen LogP contribution in [0.15, 0.2) is 29.6 Å². The van der Waals surface area contributed by atoms with E-state index in [1.807, 2.05) is 36.6 Å². The highest BCUT2D eigenvalue weighted by Gasteiger charge is 2.06. The van der Waals surface area contributed by atoms with Crippen molar-refractivity contribution in [1.82, 2.24) is 10.3 Å². The Balaban J connectivity index is 1.82. The molecule has 0 radical (unpaired) electrons. The fourth-order valence-corrected chi connectivity index (χ4v) is 2.27. The number of carbonyl (C=O) groups is 1. The number of rotatable bonds is 5. The van der Waals surface area contributed by atoms with E-state index in [-0.39, 0.29) is 5.91 Å². The summed E-state index contributed by atoms with van der Waals surface area (Å²) in [6.07, 6.45) is 0.334. The highest BCUT2D eigenvalue weighted by molar-refractivity contribution is 7.09. The molecule has 0 saturated heterocycles. The predicted octanol–water partition coefficient (Wildman–Crippen LogP) is 2.32. The summed E-state index contributed by atoms with van der Waals surface area (Å²) in [4.78, 5) is 16.0. The van der Waals surface area contributed by atoms with Crippen LogP contribution < -0.4 is 10.1 Å². The van der Waals surface area contributed by atoms with Gasteiger partial charge in [-0.15, -0.1) is 11.3 Å². The number of thiazole rings is 1. The van der Waals surface area contributed by atoms with Crippen molar-refractivity contribution >= 4 is 17.2 Å². The standard InChI is InChI=1S/C14H16N2O2S/c1-10-16-12(9-19-10)7-14(17)15-8-11-3-5-13(18-2)6-4-11/h3-6,9H,7-8H2,1-2H3,(H,15,17). The van der Waals surface area contributed by atoms with Crippen LogP contribution in [-0.4, -0.2) is 18.0 Å². The molecule has 0 spiro atoms. The zero-order valence-corrected chi connectivity index (χ0v) is 11.8. The zero-order chi connectivity index (χ0) is 13.7. The Morgan fingerprint density at radius 1 is 1.37 bits per heavy atom. The number of ether oxygens (including phenoxy) is 1. The van der Waals surface area contributed by atoms with Gasteiger partial charge in [-0.1, -0.05) is 12.1 Å². The van der Waals surface area contributed by atoms with Crippen molar-refractivity contribution in [3.05, 3.63) is 45.9 Å². The second-order valence-corrected chi connectivity index (χ2v) is 5.22. The van der Waals surface area contributed by atoms with Crippen LogP contribution in [0.2, 0.25) is 0 Å². The Morgan fingerprint density at radius 3 is 2.68 bits per heavy atom. The van der Waals surface area contributed by atoms with Gasteiger partial charge < -0.3 is 10.1 Å². The fraction of sp³-hybridized carbons (Fsp3) is 0.286. The third-order valence-corrected chi connectivity index (χ3v) is 3.48. The van der Waals surface area contributed by atoms with E-state index in [1.54, 1.807) is 18.4 Å². The van der Waals surface area contributed by atoms with Crippen molar-refractivity contribution in [3.8, 4) is 5.75 Å². The summed E-state index contributed by atoms with van der Waals surface area (Å²) >= 11 is 1.56. The number of hydrogen-bond acceptors (Lipinski definition) is 4. The minimum absolute atomic E-state index is 0.0129. The van der Waals surface area contributed by atoms with Gasteiger partial charge in [0.2, 0.25) is 5.91 Å². The number of carbonyl (C=O) groups excluding carboxylic acids is 1. The molecule has 2 rings (SSSR count). The maximum atomic E-state index is 11.7. The summed E-state index contributed by atoms with van der Waals surface area (Å²) in [7, 11) is 1.63. The van der Waals surface area contributed by atoms with Crippen molar-refractivity contribution in [2.75, 3.05) is 7.11 Å². The molecule has 1 amide bonds. The molecule has 0 fully saturated rings. The van der Waals surface area contributed by atoms with Crippen molar-refractivity contribution in [2.24, 2.45) is 0 Å². The van der Waals surface area contributed by atoms with Crippen LogP contribution in [0.3, 0.4) is 0 Å². The van der Waals surface area contributed by atoms with Gasteiger partial charge in [-0.2, -0.15) is 0 Å². The van der Waals surface area contributed by atoms with E-state index in [0.717, 1.165) is 22.0 Å². The number of nitrogens with zero attached hydrogens (tertiary/aromatic N) is 1. The molecule has 0 aliphatic rings. The molecule has 2 aromatic rings. The molecule has 19 heavy (non-hydrogen) atoms. The van der Waals surface area contributed by atoms with Crippen LogP contribution in [0, 0.1) is 6.92 Å². The van der Waals surface area contributed by atoms with Gasteiger partial charge in [-0.3, -0.25) is 4.79 Å². The summed E-state index contributed by atoms with van der Waals surface area (Å²) < 4.78 is 5.08. The van der Waals surface area contributed by atoms with Crippen molar-refractivity contribution in [1.29, 1.82) is 0 Å². The molecule has 1 aromatic heterocycles. The summed E-state index contributed by atoms with van der Waals surface area (Å²) in [6, 6.07) is 7.63. The highest BCUT2D eigenvalue weighted by atomic mass is 32.1. The maximum Gasteiger partial charge on any atom is 0.226 e. The first-order valence-corrected chi connectivity index (χ1v) is 6.86. The number of aromatic nitrogens is 1. The lowest BCUT2D eigenvalue weighted by Gasteiger charge is -2.05. The molecule has 0 atom stereocenters. The number of aryl methyl sites for hydroxylation is 1. The number of nitrogens with one attached hydrogen (secondary N) is 1. The van der Waals surface area contributed by atoms with Gasteiger partial charge in [0, 0.05) is 11.9 Å². The van der Waals surface area contributed by atoms with Gasteiger partial charge in [0.15, 0.2) is 0 Å². The minimum atomic E-state index is -0.0129. The summed E-state index contributed by atoms with van der Waals surface area (Å²) in [5.41, 5.74) is 1.87. The summed E-state index contributed by atoms with van der Waals surface area (Å²) in [6.45, 7) is 2.45. The Kier molecular flexibility index (Phi) is 4.52. The molecule has 1 aromatic carbocycles. The second-order valence-electron chi connectivity index (χ2n) is 4.16. The Bertz CT molecular complexity index is 549. The lowest BCUT2D eigenvalue weighted by Crippen LogP contribution is -2.24. The van der Waals surface area contributed by atoms with Gasteiger partial charge in [0.1, 0.15) is 5.75 Å². The van der Waals surface area contributed by atoms with Gasteiger partial charge in [-0.05, 0) is 24.6 Å². The first-order valence-electron chi connectivity index (χ1n) is 5.98. The molecular formula is C14H16N2O2S. The number of methoxy groups -OCH3 is 1. The van der Waals surface area contributed by atoms with E-state index < -0.39 is 0 Å². The van der Waals surface area contributed by atoms with Gasteiger partial charge in [-0.25, -0.2) is 4.98 Å². The average Bonchev–Trinajstić information content (AvgIpc) is 2.82. The van der Waals surface area contributed by atoms with Crippen LogP contribution in [-0.2, 0) is 17.8 Å². The van der Waals surface area contributed by atoms with Crippen LogP contribution in [0.25, 0.3) is 0 Å². The van der Waals surface area contributed by atoms with E-state index in [2.05, 4.69) is 10.3 Å². The second kappa shape index (κ2) is 6.33. The Morgan fingerprint density at radius 2 is 2.11 bits per heavy atom. The number of benzene rings is 1. The monoisotopic (exact) mass is 276 g/mol. The number of amides is 1. The van der Waals surface area contributed by atoms with E-state index >= 15 is 0 Å². The molecular weight excluding hydrogens is 260 g/mol. The SMILES string of the molecule is COc1ccc(CNC(=O)Cc2csc(C)n2)cc1. The smallest absolute Gasteiger partial charge is 0.226 e. The van der Waals surface area contributed by atoms with Crippen molar-refractivity contribution in [2.45, 2.75) is 19.9 Å². The van der Waals surface area contributed by atoms with E-state index in [4.69, 9.17) is 4.74 Å². The third-order valence-electron chi connectivity index (χ3n) is 2.66. The normalized spacial score (nSPS) is 10.2. The molecule has 4 nitrogen and oxygen atoms in total. The first-order chi connectivity index (χ1) is 9.17. The molecule has 0 aliphatic heterocycles. The molecule has 0 aliphatic carbocycles. The molecule has 5 heteroatoms. The fourth-order valence-electron chi connectivity index (χ4n) is 1.66. The third kappa shape index (κ3) is 4.06. The topological polar surface area (TPSA) is 51.2 Å². The first kappa shape index (κ1) is 13.5. The largest absolute Gasteiger partial charge is 0.497 e. The molecule has 1 heterocycles. The quantitative estimate of drug-likeness (QED) is 0.911. The van der Waals surface area contributed by atoms with Crippen molar-refractivity contribution < 1.29 is 9.53 Å². The minimum Gasteiger partial charge on any atom is -0.497 e. The van der Waals surface area contributed by atoms with Crippen molar-refractivity contribution in [3.63, 3.8) is 0 Å². The molecule has 0 bridgehead atoms. The Hall–Kier alpha value is -1.88. The van der Waals surface area contributed by atoms with Crippen LogP contribution >= 0.6 is 11.3 Å². The number of hydrogen-bond donors (Lipinski definition) is 1.